The van der Waals surface area contributed by atoms with Crippen LogP contribution >= 0.6 is 0 Å². The normalized spacial score (nSPS) is 31.3. The standard InChI is InChI=1S/C16H18BN3O5/c1-16-13(24-17(25-16)10-5-3-2-4-6-10)11(9-21)23-14(16)20-8-7-12(18)19-15(20)22/h2-8,11,13-14,21H,9H2,1H3,(H2,18,19,22)/t11?,13-,14-,16-/m1/s1. The van der Waals surface area contributed by atoms with Gasteiger partial charge in [0.2, 0.25) is 0 Å². The van der Waals surface area contributed by atoms with E-state index in [9.17, 15) is 9.90 Å². The number of benzene rings is 1. The molecule has 3 heterocycles. The van der Waals surface area contributed by atoms with Gasteiger partial charge in [-0.3, -0.25) is 4.57 Å². The molecule has 8 nitrogen and oxygen atoms in total. The molecule has 9 heteroatoms. The molecule has 0 bridgehead atoms. The molecule has 0 spiro atoms. The number of hydrogen-bond acceptors (Lipinski definition) is 7. The molecule has 2 aromatic rings. The van der Waals surface area contributed by atoms with Crippen molar-refractivity contribution in [1.82, 2.24) is 9.55 Å². The summed E-state index contributed by atoms with van der Waals surface area (Å²) < 4.78 is 19.4. The molecular weight excluding hydrogens is 325 g/mol. The van der Waals surface area contributed by atoms with Crippen molar-refractivity contribution in [2.75, 3.05) is 12.3 Å². The molecule has 2 fully saturated rings. The lowest BCUT2D eigenvalue weighted by Gasteiger charge is -2.29. The van der Waals surface area contributed by atoms with Gasteiger partial charge in [0.1, 0.15) is 23.6 Å². The van der Waals surface area contributed by atoms with Crippen molar-refractivity contribution in [3.05, 3.63) is 53.1 Å². The van der Waals surface area contributed by atoms with Crippen LogP contribution < -0.4 is 16.9 Å². The number of aliphatic hydroxyl groups excluding tert-OH is 1. The number of ether oxygens (including phenoxy) is 1. The fourth-order valence-electron chi connectivity index (χ4n) is 3.46. The SMILES string of the molecule is C[C@@]12OB(c3ccccc3)O[C@@H]1C(CO)O[C@H]2n1ccc(N)nc1=O. The van der Waals surface area contributed by atoms with E-state index in [1.165, 1.54) is 16.8 Å². The van der Waals surface area contributed by atoms with Crippen molar-refractivity contribution in [2.45, 2.75) is 31.0 Å². The molecule has 130 valence electrons. The summed E-state index contributed by atoms with van der Waals surface area (Å²) in [5, 5.41) is 9.68. The number of aliphatic hydroxyl groups is 1. The predicted molar refractivity (Wildman–Crippen MR) is 90.1 cm³/mol. The number of rotatable bonds is 3. The van der Waals surface area contributed by atoms with Crippen LogP contribution in [0.15, 0.2) is 47.4 Å². The first-order chi connectivity index (χ1) is 12.0. The number of nitrogens with zero attached hydrogens (tertiary/aromatic N) is 2. The molecule has 4 rings (SSSR count). The van der Waals surface area contributed by atoms with Crippen molar-refractivity contribution in [3.8, 4) is 0 Å². The summed E-state index contributed by atoms with van der Waals surface area (Å²) in [5.74, 6) is 0.130. The number of hydrogen-bond donors (Lipinski definition) is 2. The van der Waals surface area contributed by atoms with Gasteiger partial charge in [0.25, 0.3) is 0 Å². The maximum absolute atomic E-state index is 12.2. The summed E-state index contributed by atoms with van der Waals surface area (Å²) >= 11 is 0. The van der Waals surface area contributed by atoms with Crippen molar-refractivity contribution in [1.29, 1.82) is 0 Å². The smallest absolute Gasteiger partial charge is 0.398 e. The van der Waals surface area contributed by atoms with E-state index in [-0.39, 0.29) is 12.4 Å². The van der Waals surface area contributed by atoms with E-state index in [0.29, 0.717) is 0 Å². The average Bonchev–Trinajstić information content (AvgIpc) is 3.08. The monoisotopic (exact) mass is 343 g/mol. The van der Waals surface area contributed by atoms with E-state index in [1.807, 2.05) is 37.3 Å². The van der Waals surface area contributed by atoms with Crippen molar-refractivity contribution < 1.29 is 19.2 Å². The minimum Gasteiger partial charge on any atom is -0.398 e. The third-order valence-electron chi connectivity index (χ3n) is 4.68. The van der Waals surface area contributed by atoms with Crippen molar-refractivity contribution >= 4 is 18.4 Å². The van der Waals surface area contributed by atoms with E-state index < -0.39 is 36.8 Å². The lowest BCUT2D eigenvalue weighted by atomic mass is 9.79. The number of anilines is 1. The molecule has 3 N–H and O–H groups in total. The lowest BCUT2D eigenvalue weighted by Crippen LogP contribution is -2.45. The first-order valence-corrected chi connectivity index (χ1v) is 8.02. The van der Waals surface area contributed by atoms with Crippen molar-refractivity contribution in [3.63, 3.8) is 0 Å². The van der Waals surface area contributed by atoms with Gasteiger partial charge >= 0.3 is 12.8 Å². The molecule has 1 aromatic heterocycles. The van der Waals surface area contributed by atoms with E-state index in [4.69, 9.17) is 19.8 Å². The van der Waals surface area contributed by atoms with E-state index in [1.54, 1.807) is 0 Å². The van der Waals surface area contributed by atoms with Crippen LogP contribution in [0.1, 0.15) is 13.2 Å². The summed E-state index contributed by atoms with van der Waals surface area (Å²) in [6.07, 6.45) is -0.425. The van der Waals surface area contributed by atoms with Gasteiger partial charge in [-0.05, 0) is 18.5 Å². The average molecular weight is 343 g/mol. The Kier molecular flexibility index (Phi) is 3.88. The highest BCUT2D eigenvalue weighted by atomic mass is 16.7. The molecule has 25 heavy (non-hydrogen) atoms. The Balaban J connectivity index is 1.72. The maximum Gasteiger partial charge on any atom is 0.494 e. The quantitative estimate of drug-likeness (QED) is 0.708. The van der Waals surface area contributed by atoms with Gasteiger partial charge in [-0.15, -0.1) is 0 Å². The Morgan fingerprint density at radius 1 is 1.36 bits per heavy atom. The van der Waals surface area contributed by atoms with Gasteiger partial charge in [0.15, 0.2) is 6.23 Å². The van der Waals surface area contributed by atoms with Crippen LogP contribution in [0.5, 0.6) is 0 Å². The van der Waals surface area contributed by atoms with Crippen LogP contribution in [-0.4, -0.2) is 46.2 Å². The predicted octanol–water partition coefficient (Wildman–Crippen LogP) is -0.715. The molecule has 1 unspecified atom stereocenters. The minimum absolute atomic E-state index is 0.130. The Bertz CT molecular complexity index is 832. The molecule has 2 saturated heterocycles. The van der Waals surface area contributed by atoms with Crippen LogP contribution in [0, 0.1) is 0 Å². The van der Waals surface area contributed by atoms with E-state index >= 15 is 0 Å². The van der Waals surface area contributed by atoms with Crippen LogP contribution in [0.2, 0.25) is 0 Å². The fourth-order valence-corrected chi connectivity index (χ4v) is 3.46. The molecule has 4 atom stereocenters. The first-order valence-electron chi connectivity index (χ1n) is 8.02. The second kappa shape index (κ2) is 5.96. The number of fused-ring (bicyclic) bond motifs is 1. The van der Waals surface area contributed by atoms with Crippen LogP contribution in [0.3, 0.4) is 0 Å². The third kappa shape index (κ3) is 2.56. The Hall–Kier alpha value is -2.20. The third-order valence-corrected chi connectivity index (χ3v) is 4.68. The summed E-state index contributed by atoms with van der Waals surface area (Å²) in [4.78, 5) is 16.0. The fraction of sp³-hybridized carbons (Fsp3) is 0.375. The molecule has 2 aliphatic heterocycles. The summed E-state index contributed by atoms with van der Waals surface area (Å²) in [7, 11) is -0.603. The topological polar surface area (TPSA) is 109 Å². The Morgan fingerprint density at radius 2 is 2.12 bits per heavy atom. The number of aromatic nitrogens is 2. The Morgan fingerprint density at radius 3 is 2.80 bits per heavy atom. The molecule has 0 saturated carbocycles. The number of nitrogens with two attached hydrogens (primary N) is 1. The molecular formula is C16H18BN3O5. The summed E-state index contributed by atoms with van der Waals surface area (Å²) in [5.41, 5.74) is 4.91. The molecule has 1 aromatic carbocycles. The maximum atomic E-state index is 12.2. The van der Waals surface area contributed by atoms with Gasteiger partial charge in [-0.1, -0.05) is 30.3 Å². The van der Waals surface area contributed by atoms with E-state index in [2.05, 4.69) is 4.98 Å². The second-order valence-corrected chi connectivity index (χ2v) is 6.35. The largest absolute Gasteiger partial charge is 0.494 e. The first kappa shape index (κ1) is 16.3. The zero-order chi connectivity index (χ0) is 17.6. The van der Waals surface area contributed by atoms with Gasteiger partial charge in [0, 0.05) is 6.20 Å². The van der Waals surface area contributed by atoms with Gasteiger partial charge in [-0.2, -0.15) is 4.98 Å². The van der Waals surface area contributed by atoms with Crippen molar-refractivity contribution in [2.24, 2.45) is 0 Å². The minimum atomic E-state index is -0.963. The van der Waals surface area contributed by atoms with Gasteiger partial charge in [0.05, 0.1) is 6.61 Å². The second-order valence-electron chi connectivity index (χ2n) is 6.35. The molecule has 0 aliphatic carbocycles. The zero-order valence-electron chi connectivity index (χ0n) is 13.6. The highest BCUT2D eigenvalue weighted by Gasteiger charge is 2.63. The molecule has 0 amide bonds. The number of nitrogen functional groups attached to an aromatic ring is 1. The summed E-state index contributed by atoms with van der Waals surface area (Å²) in [6, 6.07) is 11.0. The van der Waals surface area contributed by atoms with Gasteiger partial charge < -0.3 is 24.9 Å². The van der Waals surface area contributed by atoms with Crippen LogP contribution in [0.25, 0.3) is 0 Å². The highest BCUT2D eigenvalue weighted by Crippen LogP contribution is 2.46. The summed E-state index contributed by atoms with van der Waals surface area (Å²) in [6.45, 7) is 1.56. The van der Waals surface area contributed by atoms with Gasteiger partial charge in [-0.25, -0.2) is 4.79 Å². The highest BCUT2D eigenvalue weighted by molar-refractivity contribution is 6.62. The van der Waals surface area contributed by atoms with Crippen LogP contribution in [-0.2, 0) is 14.0 Å². The van der Waals surface area contributed by atoms with E-state index in [0.717, 1.165) is 5.46 Å². The van der Waals surface area contributed by atoms with Crippen LogP contribution in [0.4, 0.5) is 5.82 Å². The molecule has 2 aliphatic rings. The lowest BCUT2D eigenvalue weighted by molar-refractivity contribution is -0.0809. The Labute approximate surface area is 144 Å². The molecule has 0 radical (unpaired) electrons. The zero-order valence-corrected chi connectivity index (χ0v) is 13.6.